The Hall–Kier alpha value is -2.47. The van der Waals surface area contributed by atoms with Gasteiger partial charge in [0.2, 0.25) is 0 Å². The molecule has 0 unspecified atom stereocenters. The Morgan fingerprint density at radius 1 is 1.31 bits per heavy atom. The van der Waals surface area contributed by atoms with E-state index in [1.807, 2.05) is 6.92 Å². The maximum atomic E-state index is 12.8. The van der Waals surface area contributed by atoms with Crippen molar-refractivity contribution in [2.45, 2.75) is 23.2 Å². The van der Waals surface area contributed by atoms with Gasteiger partial charge in [-0.1, -0.05) is 0 Å². The van der Waals surface area contributed by atoms with Crippen molar-refractivity contribution in [2.75, 3.05) is 0 Å². The lowest BCUT2D eigenvalue weighted by molar-refractivity contribution is -0.388. The Morgan fingerprint density at radius 2 is 2.04 bits per heavy atom. The first-order chi connectivity index (χ1) is 12.2. The smallest absolute Gasteiger partial charge is 0.304 e. The lowest BCUT2D eigenvalue weighted by Gasteiger charge is -2.08. The molecule has 12 heteroatoms. The van der Waals surface area contributed by atoms with Crippen LogP contribution in [0.3, 0.4) is 0 Å². The summed E-state index contributed by atoms with van der Waals surface area (Å²) < 4.78 is 39.9. The van der Waals surface area contributed by atoms with E-state index in [0.29, 0.717) is 22.7 Å². The van der Waals surface area contributed by atoms with Gasteiger partial charge in [0.1, 0.15) is 5.69 Å². The average Bonchev–Trinajstić information content (AvgIpc) is 3.13. The molecule has 0 saturated carbocycles. The van der Waals surface area contributed by atoms with Gasteiger partial charge in [0.05, 0.1) is 20.4 Å². The second-order valence-electron chi connectivity index (χ2n) is 5.16. The van der Waals surface area contributed by atoms with Gasteiger partial charge in [-0.15, -0.1) is 21.5 Å². The van der Waals surface area contributed by atoms with Crippen LogP contribution in [0.5, 0.6) is 0 Å². The van der Waals surface area contributed by atoms with Crippen molar-refractivity contribution < 1.29 is 18.1 Å². The van der Waals surface area contributed by atoms with Gasteiger partial charge >= 0.3 is 6.18 Å². The molecule has 0 saturated heterocycles. The zero-order valence-corrected chi connectivity index (χ0v) is 14.9. The number of nitro groups is 1. The highest BCUT2D eigenvalue weighted by atomic mass is 32.2. The zero-order chi connectivity index (χ0) is 19.1. The third-order valence-electron chi connectivity index (χ3n) is 3.37. The minimum Gasteiger partial charge on any atom is -0.304 e. The molecule has 7 nitrogen and oxygen atoms in total. The van der Waals surface area contributed by atoms with Crippen molar-refractivity contribution in [3.8, 4) is 11.5 Å². The molecule has 0 aliphatic rings. The van der Waals surface area contributed by atoms with Crippen LogP contribution in [0, 0.1) is 17.0 Å². The first-order valence-corrected chi connectivity index (χ1v) is 8.72. The van der Waals surface area contributed by atoms with Crippen molar-refractivity contribution in [1.82, 2.24) is 19.7 Å². The van der Waals surface area contributed by atoms with Crippen LogP contribution in [-0.4, -0.2) is 24.7 Å². The number of hydrogen-bond acceptors (Lipinski definition) is 7. The summed E-state index contributed by atoms with van der Waals surface area (Å²) in [5.74, 6) is 0.464. The van der Waals surface area contributed by atoms with Crippen LogP contribution in [0.1, 0.15) is 10.6 Å². The van der Waals surface area contributed by atoms with E-state index in [2.05, 4.69) is 15.2 Å². The minimum absolute atomic E-state index is 0.0412. The van der Waals surface area contributed by atoms with Gasteiger partial charge in [-0.05, 0) is 30.8 Å². The van der Waals surface area contributed by atoms with E-state index in [4.69, 9.17) is 0 Å². The van der Waals surface area contributed by atoms with Gasteiger partial charge in [-0.2, -0.15) is 13.2 Å². The summed E-state index contributed by atoms with van der Waals surface area (Å²) in [6.07, 6.45) is -4.66. The highest BCUT2D eigenvalue weighted by Gasteiger charge is 2.33. The van der Waals surface area contributed by atoms with E-state index in [1.165, 1.54) is 11.3 Å². The molecular formula is C14H10F3N5O2S2. The number of rotatable bonds is 4. The first-order valence-electron chi connectivity index (χ1n) is 7.02. The normalized spacial score (nSPS) is 11.7. The molecule has 0 aliphatic carbocycles. The molecule has 0 spiro atoms. The first kappa shape index (κ1) is 18.3. The van der Waals surface area contributed by atoms with Crippen LogP contribution in [0.25, 0.3) is 11.5 Å². The number of aryl methyl sites for hydroxylation is 1. The van der Waals surface area contributed by atoms with Crippen LogP contribution in [0.15, 0.2) is 33.6 Å². The molecule has 0 amide bonds. The Kier molecular flexibility index (Phi) is 4.71. The summed E-state index contributed by atoms with van der Waals surface area (Å²) in [5, 5.41) is 22.1. The lowest BCUT2D eigenvalue weighted by Crippen LogP contribution is -2.06. The standard InChI is InChI=1S/C14H10F3N5O2S2/c1-7-18-9(6-25-7)12-19-20-13(21(12)2)26-11-4-3-8(14(15,16)17)5-10(11)22(23)24/h3-6H,1-2H3. The van der Waals surface area contributed by atoms with Gasteiger partial charge in [0.15, 0.2) is 11.0 Å². The van der Waals surface area contributed by atoms with Crippen LogP contribution in [-0.2, 0) is 13.2 Å². The molecule has 2 aromatic heterocycles. The summed E-state index contributed by atoms with van der Waals surface area (Å²) in [7, 11) is 1.66. The molecule has 2 heterocycles. The van der Waals surface area contributed by atoms with Crippen molar-refractivity contribution in [1.29, 1.82) is 0 Å². The van der Waals surface area contributed by atoms with Crippen molar-refractivity contribution >= 4 is 28.8 Å². The fraction of sp³-hybridized carbons (Fsp3) is 0.214. The molecule has 3 rings (SSSR count). The predicted molar refractivity (Wildman–Crippen MR) is 89.1 cm³/mol. The predicted octanol–water partition coefficient (Wildman–Crippen LogP) is 4.33. The SMILES string of the molecule is Cc1nc(-c2nnc(Sc3ccc(C(F)(F)F)cc3[N+](=O)[O-])n2C)cs1. The average molecular weight is 401 g/mol. The Morgan fingerprint density at radius 3 is 2.62 bits per heavy atom. The number of hydrogen-bond donors (Lipinski definition) is 0. The van der Waals surface area contributed by atoms with Gasteiger partial charge in [-0.3, -0.25) is 10.1 Å². The van der Waals surface area contributed by atoms with Crippen molar-refractivity contribution in [3.63, 3.8) is 0 Å². The quantitative estimate of drug-likeness (QED) is 0.478. The molecule has 0 aliphatic heterocycles. The second-order valence-corrected chi connectivity index (χ2v) is 7.23. The number of nitrogens with zero attached hydrogens (tertiary/aromatic N) is 5. The van der Waals surface area contributed by atoms with E-state index in [-0.39, 0.29) is 4.90 Å². The molecule has 136 valence electrons. The topological polar surface area (TPSA) is 86.7 Å². The number of alkyl halides is 3. The fourth-order valence-corrected chi connectivity index (χ4v) is 3.58. The van der Waals surface area contributed by atoms with E-state index in [9.17, 15) is 23.3 Å². The van der Waals surface area contributed by atoms with E-state index < -0.39 is 22.4 Å². The van der Waals surface area contributed by atoms with Crippen molar-refractivity contribution in [3.05, 3.63) is 44.3 Å². The number of aromatic nitrogens is 4. The number of halogens is 3. The van der Waals surface area contributed by atoms with E-state index in [1.54, 1.807) is 17.0 Å². The Bertz CT molecular complexity index is 983. The summed E-state index contributed by atoms with van der Waals surface area (Å²) in [6, 6.07) is 2.38. The third kappa shape index (κ3) is 3.55. The van der Waals surface area contributed by atoms with Gasteiger partial charge in [0.25, 0.3) is 5.69 Å². The molecule has 0 fully saturated rings. The number of nitro benzene ring substituents is 1. The molecule has 3 aromatic rings. The van der Waals surface area contributed by atoms with Crippen LogP contribution in [0.4, 0.5) is 18.9 Å². The van der Waals surface area contributed by atoms with Gasteiger partial charge < -0.3 is 4.57 Å². The molecule has 0 radical (unpaired) electrons. The minimum atomic E-state index is -4.66. The summed E-state index contributed by atoms with van der Waals surface area (Å²) in [6.45, 7) is 1.84. The maximum absolute atomic E-state index is 12.8. The number of thiazole rings is 1. The fourth-order valence-electron chi connectivity index (χ4n) is 2.11. The molecular weight excluding hydrogens is 391 g/mol. The molecule has 26 heavy (non-hydrogen) atoms. The molecule has 1 aromatic carbocycles. The Balaban J connectivity index is 1.97. The summed E-state index contributed by atoms with van der Waals surface area (Å²) >= 11 is 2.30. The highest BCUT2D eigenvalue weighted by Crippen LogP contribution is 2.39. The monoisotopic (exact) mass is 401 g/mol. The van der Waals surface area contributed by atoms with Crippen LogP contribution < -0.4 is 0 Å². The lowest BCUT2D eigenvalue weighted by atomic mass is 10.2. The second kappa shape index (κ2) is 6.68. The molecule has 0 bridgehead atoms. The molecule has 0 N–H and O–H groups in total. The Labute approximate surface area is 153 Å². The summed E-state index contributed by atoms with van der Waals surface area (Å²) in [4.78, 5) is 14.7. The van der Waals surface area contributed by atoms with Crippen LogP contribution >= 0.6 is 23.1 Å². The zero-order valence-electron chi connectivity index (χ0n) is 13.3. The largest absolute Gasteiger partial charge is 0.416 e. The van der Waals surface area contributed by atoms with Gasteiger partial charge in [0, 0.05) is 18.5 Å². The highest BCUT2D eigenvalue weighted by molar-refractivity contribution is 7.99. The van der Waals surface area contributed by atoms with Crippen molar-refractivity contribution in [2.24, 2.45) is 7.05 Å². The number of benzene rings is 1. The van der Waals surface area contributed by atoms with E-state index in [0.717, 1.165) is 28.9 Å². The van der Waals surface area contributed by atoms with Crippen LogP contribution in [0.2, 0.25) is 0 Å². The maximum Gasteiger partial charge on any atom is 0.416 e. The molecule has 0 atom stereocenters. The third-order valence-corrected chi connectivity index (χ3v) is 5.24. The summed E-state index contributed by atoms with van der Waals surface area (Å²) in [5.41, 5.74) is -1.11. The van der Waals surface area contributed by atoms with Gasteiger partial charge in [-0.25, -0.2) is 4.98 Å². The van der Waals surface area contributed by atoms with E-state index >= 15 is 0 Å².